The highest BCUT2D eigenvalue weighted by molar-refractivity contribution is 4.77. The van der Waals surface area contributed by atoms with E-state index in [4.69, 9.17) is 9.84 Å². The van der Waals surface area contributed by atoms with E-state index in [1.165, 1.54) is 0 Å². The lowest BCUT2D eigenvalue weighted by Gasteiger charge is -2.30. The number of hydrogen-bond acceptors (Lipinski definition) is 3. The van der Waals surface area contributed by atoms with Crippen molar-refractivity contribution in [2.75, 3.05) is 26.8 Å². The molecule has 1 fully saturated rings. The van der Waals surface area contributed by atoms with Gasteiger partial charge in [0.2, 0.25) is 0 Å². The van der Waals surface area contributed by atoms with Gasteiger partial charge in [0.25, 0.3) is 0 Å². The Morgan fingerprint density at radius 2 is 2.45 bits per heavy atom. The zero-order chi connectivity index (χ0) is 8.10. The number of aliphatic hydroxyl groups is 1. The number of aliphatic hydroxyl groups excluding tert-OH is 1. The molecule has 11 heavy (non-hydrogen) atoms. The van der Waals surface area contributed by atoms with E-state index in [2.05, 4.69) is 5.32 Å². The molecule has 0 spiro atoms. The number of hydrogen-bond donors (Lipinski definition) is 2. The van der Waals surface area contributed by atoms with Crippen LogP contribution in [0.3, 0.4) is 0 Å². The molecule has 0 aromatic carbocycles. The van der Waals surface area contributed by atoms with E-state index in [-0.39, 0.29) is 6.61 Å². The summed E-state index contributed by atoms with van der Waals surface area (Å²) >= 11 is 0. The van der Waals surface area contributed by atoms with Crippen molar-refractivity contribution in [3.8, 4) is 0 Å². The lowest BCUT2D eigenvalue weighted by atomic mass is 9.92. The van der Waals surface area contributed by atoms with E-state index in [0.29, 0.717) is 12.0 Å². The Labute approximate surface area is 67.7 Å². The van der Waals surface area contributed by atoms with Gasteiger partial charge in [-0.05, 0) is 25.3 Å². The second-order valence-electron chi connectivity index (χ2n) is 3.04. The van der Waals surface area contributed by atoms with Crippen LogP contribution in [-0.2, 0) is 4.74 Å². The first-order chi connectivity index (χ1) is 5.38. The summed E-state index contributed by atoms with van der Waals surface area (Å²) in [6, 6.07) is 0. The van der Waals surface area contributed by atoms with Gasteiger partial charge in [0, 0.05) is 20.3 Å². The lowest BCUT2D eigenvalue weighted by molar-refractivity contribution is 0.0239. The summed E-state index contributed by atoms with van der Waals surface area (Å²) in [4.78, 5) is 0. The highest BCUT2D eigenvalue weighted by Gasteiger charge is 2.23. The second-order valence-corrected chi connectivity index (χ2v) is 3.04. The molecule has 1 aliphatic rings. The predicted molar refractivity (Wildman–Crippen MR) is 43.5 cm³/mol. The van der Waals surface area contributed by atoms with Crippen LogP contribution in [0.25, 0.3) is 0 Å². The number of nitrogens with one attached hydrogen (secondary N) is 1. The van der Waals surface area contributed by atoms with Gasteiger partial charge < -0.3 is 15.2 Å². The summed E-state index contributed by atoms with van der Waals surface area (Å²) in [6.07, 6.45) is 2.30. The van der Waals surface area contributed by atoms with E-state index < -0.39 is 0 Å². The molecule has 3 nitrogen and oxygen atoms in total. The van der Waals surface area contributed by atoms with Gasteiger partial charge in [-0.2, -0.15) is 0 Å². The maximum absolute atomic E-state index is 8.76. The molecular formula is C8H17NO2. The van der Waals surface area contributed by atoms with Gasteiger partial charge in [-0.25, -0.2) is 0 Å². The third kappa shape index (κ3) is 2.43. The van der Waals surface area contributed by atoms with Crippen molar-refractivity contribution in [1.82, 2.24) is 5.32 Å². The summed E-state index contributed by atoms with van der Waals surface area (Å²) in [6.45, 7) is 2.27. The molecule has 2 atom stereocenters. The third-order valence-electron chi connectivity index (χ3n) is 2.37. The maximum atomic E-state index is 8.76. The molecule has 1 heterocycles. The molecule has 1 saturated heterocycles. The zero-order valence-electron chi connectivity index (χ0n) is 7.05. The molecule has 2 N–H and O–H groups in total. The number of methoxy groups -OCH3 is 1. The molecule has 2 unspecified atom stereocenters. The van der Waals surface area contributed by atoms with E-state index >= 15 is 0 Å². The van der Waals surface area contributed by atoms with Crippen LogP contribution < -0.4 is 5.32 Å². The Balaban J connectivity index is 2.31. The molecule has 3 heteroatoms. The molecular weight excluding hydrogens is 142 g/mol. The Bertz CT molecular complexity index is 106. The highest BCUT2D eigenvalue weighted by atomic mass is 16.5. The highest BCUT2D eigenvalue weighted by Crippen LogP contribution is 2.18. The first-order valence-corrected chi connectivity index (χ1v) is 4.23. The van der Waals surface area contributed by atoms with Crippen LogP contribution in [0.4, 0.5) is 0 Å². The van der Waals surface area contributed by atoms with E-state index in [1.54, 1.807) is 7.11 Å². The minimum Gasteiger partial charge on any atom is -0.396 e. The lowest BCUT2D eigenvalue weighted by Crippen LogP contribution is -2.41. The Kier molecular flexibility index (Phi) is 3.83. The molecule has 66 valence electrons. The van der Waals surface area contributed by atoms with Crippen LogP contribution in [0.5, 0.6) is 0 Å². The van der Waals surface area contributed by atoms with Crippen molar-refractivity contribution in [2.24, 2.45) is 5.92 Å². The SMILES string of the molecule is COC1CNCCC1CCO. The molecule has 0 aromatic heterocycles. The standard InChI is InChI=1S/C8H17NO2/c1-11-8-6-9-4-2-7(8)3-5-10/h7-10H,2-6H2,1H3. The largest absolute Gasteiger partial charge is 0.396 e. The normalized spacial score (nSPS) is 32.2. The van der Waals surface area contributed by atoms with Crippen molar-refractivity contribution in [2.45, 2.75) is 18.9 Å². The molecule has 0 aliphatic carbocycles. The summed E-state index contributed by atoms with van der Waals surface area (Å²) in [5.41, 5.74) is 0. The maximum Gasteiger partial charge on any atom is 0.0725 e. The minimum atomic E-state index is 0.282. The van der Waals surface area contributed by atoms with Crippen LogP contribution in [0, 0.1) is 5.92 Å². The fourth-order valence-electron chi connectivity index (χ4n) is 1.66. The van der Waals surface area contributed by atoms with Gasteiger partial charge in [0.15, 0.2) is 0 Å². The molecule has 0 saturated carbocycles. The van der Waals surface area contributed by atoms with Crippen LogP contribution in [0.15, 0.2) is 0 Å². The smallest absolute Gasteiger partial charge is 0.0725 e. The summed E-state index contributed by atoms with van der Waals surface area (Å²) in [5.74, 6) is 0.547. The van der Waals surface area contributed by atoms with E-state index in [9.17, 15) is 0 Å². The average Bonchev–Trinajstić information content (AvgIpc) is 2.06. The molecule has 0 radical (unpaired) electrons. The summed E-state index contributed by atoms with van der Waals surface area (Å²) in [5, 5.41) is 12.0. The van der Waals surface area contributed by atoms with Gasteiger partial charge >= 0.3 is 0 Å². The Morgan fingerprint density at radius 3 is 3.09 bits per heavy atom. The second kappa shape index (κ2) is 4.70. The third-order valence-corrected chi connectivity index (χ3v) is 2.37. The zero-order valence-corrected chi connectivity index (χ0v) is 7.05. The predicted octanol–water partition coefficient (Wildman–Crippen LogP) is -0.00670. The van der Waals surface area contributed by atoms with Crippen LogP contribution in [0.1, 0.15) is 12.8 Å². The fourth-order valence-corrected chi connectivity index (χ4v) is 1.66. The minimum absolute atomic E-state index is 0.282. The number of piperidine rings is 1. The van der Waals surface area contributed by atoms with E-state index in [0.717, 1.165) is 25.9 Å². The van der Waals surface area contributed by atoms with Gasteiger partial charge in [-0.1, -0.05) is 0 Å². The quantitative estimate of drug-likeness (QED) is 0.608. The number of ether oxygens (including phenoxy) is 1. The van der Waals surface area contributed by atoms with E-state index in [1.807, 2.05) is 0 Å². The molecule has 1 aliphatic heterocycles. The Morgan fingerprint density at radius 1 is 1.64 bits per heavy atom. The monoisotopic (exact) mass is 159 g/mol. The van der Waals surface area contributed by atoms with Crippen molar-refractivity contribution in [3.63, 3.8) is 0 Å². The average molecular weight is 159 g/mol. The van der Waals surface area contributed by atoms with Crippen molar-refractivity contribution in [1.29, 1.82) is 0 Å². The van der Waals surface area contributed by atoms with Crippen LogP contribution in [-0.4, -0.2) is 38.0 Å². The summed E-state index contributed by atoms with van der Waals surface area (Å²) in [7, 11) is 1.74. The molecule has 0 aromatic rings. The van der Waals surface area contributed by atoms with Gasteiger partial charge in [-0.3, -0.25) is 0 Å². The first-order valence-electron chi connectivity index (χ1n) is 4.23. The van der Waals surface area contributed by atoms with Gasteiger partial charge in [0.1, 0.15) is 0 Å². The fraction of sp³-hybridized carbons (Fsp3) is 1.00. The van der Waals surface area contributed by atoms with Gasteiger partial charge in [-0.15, -0.1) is 0 Å². The Hall–Kier alpha value is -0.120. The summed E-state index contributed by atoms with van der Waals surface area (Å²) < 4.78 is 5.28. The van der Waals surface area contributed by atoms with Crippen molar-refractivity contribution >= 4 is 0 Å². The molecule has 0 amide bonds. The van der Waals surface area contributed by atoms with Crippen LogP contribution in [0.2, 0.25) is 0 Å². The van der Waals surface area contributed by atoms with Crippen LogP contribution >= 0.6 is 0 Å². The molecule has 0 bridgehead atoms. The number of rotatable bonds is 3. The van der Waals surface area contributed by atoms with Gasteiger partial charge in [0.05, 0.1) is 6.10 Å². The molecule has 1 rings (SSSR count). The topological polar surface area (TPSA) is 41.5 Å². The van der Waals surface area contributed by atoms with Crippen molar-refractivity contribution < 1.29 is 9.84 Å². The van der Waals surface area contributed by atoms with Crippen molar-refractivity contribution in [3.05, 3.63) is 0 Å². The first kappa shape index (κ1) is 8.97.